The molecule has 130 valence electrons. The van der Waals surface area contributed by atoms with Crippen LogP contribution in [0.25, 0.3) is 0 Å². The smallest absolute Gasteiger partial charge is 0.223 e. The molecule has 0 aromatic carbocycles. The third kappa shape index (κ3) is 4.93. The van der Waals surface area contributed by atoms with Gasteiger partial charge in [0.05, 0.1) is 5.56 Å². The van der Waals surface area contributed by atoms with Crippen LogP contribution < -0.4 is 10.2 Å². The van der Waals surface area contributed by atoms with Crippen molar-refractivity contribution in [3.63, 3.8) is 0 Å². The Labute approximate surface area is 144 Å². The lowest BCUT2D eigenvalue weighted by molar-refractivity contribution is -0.125. The molecule has 0 aliphatic carbocycles. The highest BCUT2D eigenvalue weighted by molar-refractivity contribution is 5.78. The summed E-state index contributed by atoms with van der Waals surface area (Å²) in [5.41, 5.74) is 0.571. The fraction of sp³-hybridized carbons (Fsp3) is 0.611. The van der Waals surface area contributed by atoms with Crippen molar-refractivity contribution in [1.29, 1.82) is 5.26 Å². The van der Waals surface area contributed by atoms with Crippen LogP contribution >= 0.6 is 0 Å². The minimum atomic E-state index is 0.0938. The van der Waals surface area contributed by atoms with Crippen LogP contribution in [0.1, 0.15) is 32.3 Å². The van der Waals surface area contributed by atoms with E-state index in [1.165, 1.54) is 0 Å². The van der Waals surface area contributed by atoms with Gasteiger partial charge in [-0.25, -0.2) is 4.98 Å². The monoisotopic (exact) mass is 329 g/mol. The van der Waals surface area contributed by atoms with Crippen LogP contribution in [0, 0.1) is 17.2 Å². The summed E-state index contributed by atoms with van der Waals surface area (Å²) < 4.78 is 0. The highest BCUT2D eigenvalue weighted by Gasteiger charge is 2.25. The third-order valence-corrected chi connectivity index (χ3v) is 4.69. The van der Waals surface area contributed by atoms with E-state index >= 15 is 0 Å². The van der Waals surface area contributed by atoms with Crippen molar-refractivity contribution < 1.29 is 4.79 Å². The first-order chi connectivity index (χ1) is 11.7. The highest BCUT2D eigenvalue weighted by atomic mass is 16.1. The SMILES string of the molecule is CCN(CC)CCNC(=O)C1CCN(c2ccc(C#N)cn2)CC1. The van der Waals surface area contributed by atoms with Crippen LogP contribution in [-0.4, -0.2) is 55.1 Å². The van der Waals surface area contributed by atoms with Gasteiger partial charge in [-0.15, -0.1) is 0 Å². The zero-order valence-corrected chi connectivity index (χ0v) is 14.7. The number of rotatable bonds is 7. The fourth-order valence-electron chi connectivity index (χ4n) is 3.03. The van der Waals surface area contributed by atoms with E-state index in [0.717, 1.165) is 57.9 Å². The Kier molecular flexibility index (Phi) is 7.01. The van der Waals surface area contributed by atoms with E-state index in [-0.39, 0.29) is 11.8 Å². The number of amides is 1. The van der Waals surface area contributed by atoms with Gasteiger partial charge < -0.3 is 15.1 Å². The number of aromatic nitrogens is 1. The average molecular weight is 329 g/mol. The summed E-state index contributed by atoms with van der Waals surface area (Å²) in [5, 5.41) is 11.9. The first-order valence-electron chi connectivity index (χ1n) is 8.79. The summed E-state index contributed by atoms with van der Waals surface area (Å²) in [5.74, 6) is 1.15. The zero-order valence-electron chi connectivity index (χ0n) is 14.7. The van der Waals surface area contributed by atoms with E-state index in [0.29, 0.717) is 5.56 Å². The molecule has 0 atom stereocenters. The number of nitriles is 1. The molecule has 0 bridgehead atoms. The van der Waals surface area contributed by atoms with Crippen molar-refractivity contribution in [2.75, 3.05) is 44.2 Å². The van der Waals surface area contributed by atoms with Gasteiger partial charge in [0, 0.05) is 38.3 Å². The molecular formula is C18H27N5O. The molecule has 1 aliphatic rings. The van der Waals surface area contributed by atoms with Gasteiger partial charge in [-0.1, -0.05) is 13.8 Å². The molecule has 2 heterocycles. The highest BCUT2D eigenvalue weighted by Crippen LogP contribution is 2.22. The Morgan fingerprint density at radius 1 is 1.38 bits per heavy atom. The number of likely N-dealkylation sites (N-methyl/N-ethyl adjacent to an activating group) is 1. The predicted molar refractivity (Wildman–Crippen MR) is 94.7 cm³/mol. The number of piperidine rings is 1. The Balaban J connectivity index is 1.75. The van der Waals surface area contributed by atoms with Crippen LogP contribution in [0.3, 0.4) is 0 Å². The molecular weight excluding hydrogens is 302 g/mol. The van der Waals surface area contributed by atoms with E-state index in [9.17, 15) is 4.79 Å². The van der Waals surface area contributed by atoms with Crippen molar-refractivity contribution in [2.45, 2.75) is 26.7 Å². The first kappa shape index (κ1) is 18.2. The number of hydrogen-bond donors (Lipinski definition) is 1. The van der Waals surface area contributed by atoms with Gasteiger partial charge in [-0.3, -0.25) is 4.79 Å². The largest absolute Gasteiger partial charge is 0.357 e. The van der Waals surface area contributed by atoms with Crippen LogP contribution in [0.15, 0.2) is 18.3 Å². The number of nitrogens with zero attached hydrogens (tertiary/aromatic N) is 4. The first-order valence-corrected chi connectivity index (χ1v) is 8.79. The molecule has 1 amide bonds. The van der Waals surface area contributed by atoms with Gasteiger partial charge in [0.15, 0.2) is 0 Å². The molecule has 6 nitrogen and oxygen atoms in total. The van der Waals surface area contributed by atoms with E-state index in [2.05, 4.69) is 40.0 Å². The minimum absolute atomic E-state index is 0.0938. The summed E-state index contributed by atoms with van der Waals surface area (Å²) in [4.78, 5) is 21.1. The second-order valence-electron chi connectivity index (χ2n) is 6.10. The van der Waals surface area contributed by atoms with Gasteiger partial charge in [0.25, 0.3) is 0 Å². The Hall–Kier alpha value is -2.13. The van der Waals surface area contributed by atoms with Crippen LogP contribution in [0.2, 0.25) is 0 Å². The van der Waals surface area contributed by atoms with Crippen molar-refractivity contribution in [3.8, 4) is 6.07 Å². The summed E-state index contributed by atoms with van der Waals surface area (Å²) in [6, 6.07) is 5.74. The second kappa shape index (κ2) is 9.24. The minimum Gasteiger partial charge on any atom is -0.357 e. The maximum atomic E-state index is 12.3. The van der Waals surface area contributed by atoms with Crippen LogP contribution in [-0.2, 0) is 4.79 Å². The molecule has 24 heavy (non-hydrogen) atoms. The quantitative estimate of drug-likeness (QED) is 0.823. The van der Waals surface area contributed by atoms with Gasteiger partial charge >= 0.3 is 0 Å². The molecule has 6 heteroatoms. The molecule has 2 rings (SSSR count). The molecule has 1 aromatic heterocycles. The standard InChI is InChI=1S/C18H27N5O/c1-3-22(4-2)12-9-20-18(24)16-7-10-23(11-8-16)17-6-5-15(13-19)14-21-17/h5-6,14,16H,3-4,7-12H2,1-2H3,(H,20,24). The molecule has 1 aromatic rings. The molecule has 0 unspecified atom stereocenters. The van der Waals surface area contributed by atoms with Gasteiger partial charge in [-0.05, 0) is 38.1 Å². The normalized spacial score (nSPS) is 15.3. The average Bonchev–Trinajstić information content (AvgIpc) is 2.65. The van der Waals surface area contributed by atoms with Crippen molar-refractivity contribution in [1.82, 2.24) is 15.2 Å². The lowest BCUT2D eigenvalue weighted by Crippen LogP contribution is -2.42. The van der Waals surface area contributed by atoms with Gasteiger partial charge in [0.1, 0.15) is 11.9 Å². The molecule has 1 aliphatic heterocycles. The van der Waals surface area contributed by atoms with E-state index < -0.39 is 0 Å². The second-order valence-corrected chi connectivity index (χ2v) is 6.10. The summed E-state index contributed by atoms with van der Waals surface area (Å²) >= 11 is 0. The van der Waals surface area contributed by atoms with Crippen molar-refractivity contribution in [3.05, 3.63) is 23.9 Å². The maximum Gasteiger partial charge on any atom is 0.223 e. The molecule has 1 saturated heterocycles. The number of hydrogen-bond acceptors (Lipinski definition) is 5. The van der Waals surface area contributed by atoms with Crippen LogP contribution in [0.4, 0.5) is 5.82 Å². The van der Waals surface area contributed by atoms with Gasteiger partial charge in [-0.2, -0.15) is 5.26 Å². The fourth-order valence-corrected chi connectivity index (χ4v) is 3.03. The van der Waals surface area contributed by atoms with E-state index in [1.807, 2.05) is 6.07 Å². The maximum absolute atomic E-state index is 12.3. The summed E-state index contributed by atoms with van der Waals surface area (Å²) in [7, 11) is 0. The lowest BCUT2D eigenvalue weighted by atomic mass is 9.96. The third-order valence-electron chi connectivity index (χ3n) is 4.69. The van der Waals surface area contributed by atoms with Crippen LogP contribution in [0.5, 0.6) is 0 Å². The molecule has 0 radical (unpaired) electrons. The molecule has 0 spiro atoms. The summed E-state index contributed by atoms with van der Waals surface area (Å²) in [6.07, 6.45) is 3.29. The Morgan fingerprint density at radius 3 is 2.62 bits per heavy atom. The number of pyridine rings is 1. The summed E-state index contributed by atoms with van der Waals surface area (Å²) in [6.45, 7) is 9.59. The molecule has 1 N–H and O–H groups in total. The zero-order chi connectivity index (χ0) is 17.4. The van der Waals surface area contributed by atoms with Crippen molar-refractivity contribution in [2.24, 2.45) is 5.92 Å². The number of nitrogens with one attached hydrogen (secondary N) is 1. The Bertz CT molecular complexity index is 554. The topological polar surface area (TPSA) is 72.3 Å². The lowest BCUT2D eigenvalue weighted by Gasteiger charge is -2.32. The number of carbonyl (C=O) groups excluding carboxylic acids is 1. The number of anilines is 1. The van der Waals surface area contributed by atoms with Crippen molar-refractivity contribution >= 4 is 11.7 Å². The molecule has 1 fully saturated rings. The predicted octanol–water partition coefficient (Wildman–Crippen LogP) is 1.63. The van der Waals surface area contributed by atoms with E-state index in [4.69, 9.17) is 5.26 Å². The van der Waals surface area contributed by atoms with Gasteiger partial charge in [0.2, 0.25) is 5.91 Å². The molecule has 0 saturated carbocycles. The Morgan fingerprint density at radius 2 is 2.08 bits per heavy atom. The van der Waals surface area contributed by atoms with E-state index in [1.54, 1.807) is 12.3 Å². The number of carbonyl (C=O) groups is 1.